The average molecular weight is 307 g/mol. The van der Waals surface area contributed by atoms with Crippen LogP contribution in [0.15, 0.2) is 18.3 Å². The van der Waals surface area contributed by atoms with Gasteiger partial charge in [0.1, 0.15) is 5.65 Å². The predicted octanol–water partition coefficient (Wildman–Crippen LogP) is 2.82. The Bertz CT molecular complexity index is 636. The molecule has 3 rings (SSSR count). The van der Waals surface area contributed by atoms with Crippen LogP contribution in [0.3, 0.4) is 0 Å². The van der Waals surface area contributed by atoms with Crippen LogP contribution in [0.4, 0.5) is 0 Å². The lowest BCUT2D eigenvalue weighted by atomic mass is 10.2. The smallest absolute Gasteiger partial charge is 0.137 e. The van der Waals surface area contributed by atoms with E-state index in [1.165, 1.54) is 25.1 Å². The van der Waals surface area contributed by atoms with Crippen molar-refractivity contribution in [1.82, 2.24) is 19.2 Å². The van der Waals surface area contributed by atoms with Gasteiger partial charge in [-0.05, 0) is 52.5 Å². The third-order valence-electron chi connectivity index (χ3n) is 4.50. The number of aryl methyl sites for hydroxylation is 1. The minimum atomic E-state index is 0.679. The Morgan fingerprint density at radius 2 is 2.24 bits per heavy atom. The predicted molar refractivity (Wildman–Crippen MR) is 86.9 cm³/mol. The van der Waals surface area contributed by atoms with Gasteiger partial charge in [0.05, 0.1) is 16.4 Å². The van der Waals surface area contributed by atoms with Crippen molar-refractivity contribution in [2.45, 2.75) is 32.4 Å². The molecule has 114 valence electrons. The molecule has 21 heavy (non-hydrogen) atoms. The van der Waals surface area contributed by atoms with Crippen LogP contribution in [0.2, 0.25) is 5.02 Å². The van der Waals surface area contributed by atoms with Crippen molar-refractivity contribution in [2.24, 2.45) is 0 Å². The number of likely N-dealkylation sites (tertiary alicyclic amines) is 1. The standard InChI is InChI=1S/C16H23ClN4/c1-12-15(21-9-13(17)6-7-16(21)18-12)11-19(2)10-14-5-4-8-20(14)3/h6-7,9,14H,4-5,8,10-11H2,1-3H3/t14-/m1/s1. The zero-order valence-corrected chi connectivity index (χ0v) is 13.8. The SMILES string of the molecule is Cc1nc2ccc(Cl)cn2c1CN(C)C[C@H]1CCCN1C. The molecule has 0 aromatic carbocycles. The summed E-state index contributed by atoms with van der Waals surface area (Å²) in [5.41, 5.74) is 3.29. The molecule has 5 heteroatoms. The zero-order valence-electron chi connectivity index (χ0n) is 13.0. The molecule has 2 aromatic rings. The van der Waals surface area contributed by atoms with Gasteiger partial charge >= 0.3 is 0 Å². The number of halogens is 1. The number of imidazole rings is 1. The summed E-state index contributed by atoms with van der Waals surface area (Å²) in [5, 5.41) is 0.749. The van der Waals surface area contributed by atoms with E-state index in [2.05, 4.69) is 40.2 Å². The lowest BCUT2D eigenvalue weighted by Gasteiger charge is -2.25. The van der Waals surface area contributed by atoms with E-state index in [1.54, 1.807) is 0 Å². The number of pyridine rings is 1. The Morgan fingerprint density at radius 1 is 1.43 bits per heavy atom. The fraction of sp³-hybridized carbons (Fsp3) is 0.562. The second-order valence-electron chi connectivity index (χ2n) is 6.19. The summed E-state index contributed by atoms with van der Waals surface area (Å²) in [6, 6.07) is 4.55. The van der Waals surface area contributed by atoms with Gasteiger partial charge in [-0.2, -0.15) is 0 Å². The maximum atomic E-state index is 6.12. The van der Waals surface area contributed by atoms with Gasteiger partial charge in [0, 0.05) is 25.3 Å². The summed E-state index contributed by atoms with van der Waals surface area (Å²) in [6.45, 7) is 5.30. The molecule has 2 aromatic heterocycles. The van der Waals surface area contributed by atoms with Crippen molar-refractivity contribution >= 4 is 17.2 Å². The Morgan fingerprint density at radius 3 is 2.95 bits per heavy atom. The van der Waals surface area contributed by atoms with E-state index in [-0.39, 0.29) is 0 Å². The molecule has 1 atom stereocenters. The number of fused-ring (bicyclic) bond motifs is 1. The maximum absolute atomic E-state index is 6.12. The van der Waals surface area contributed by atoms with E-state index in [9.17, 15) is 0 Å². The molecular formula is C16H23ClN4. The van der Waals surface area contributed by atoms with Crippen molar-refractivity contribution in [3.63, 3.8) is 0 Å². The molecule has 0 saturated carbocycles. The molecule has 3 heterocycles. The molecule has 1 saturated heterocycles. The van der Waals surface area contributed by atoms with Crippen molar-refractivity contribution < 1.29 is 0 Å². The number of hydrogen-bond donors (Lipinski definition) is 0. The Labute approximate surface area is 131 Å². The number of hydrogen-bond acceptors (Lipinski definition) is 3. The molecular weight excluding hydrogens is 284 g/mol. The van der Waals surface area contributed by atoms with Crippen LogP contribution in [0, 0.1) is 6.92 Å². The Balaban J connectivity index is 1.77. The van der Waals surface area contributed by atoms with Crippen LogP contribution < -0.4 is 0 Å². The van der Waals surface area contributed by atoms with Crippen molar-refractivity contribution in [3.05, 3.63) is 34.7 Å². The van der Waals surface area contributed by atoms with E-state index in [4.69, 9.17) is 11.6 Å². The highest BCUT2D eigenvalue weighted by Gasteiger charge is 2.22. The zero-order chi connectivity index (χ0) is 15.0. The van der Waals surface area contributed by atoms with Crippen LogP contribution in [0.5, 0.6) is 0 Å². The average Bonchev–Trinajstić information content (AvgIpc) is 2.96. The molecule has 0 amide bonds. The maximum Gasteiger partial charge on any atom is 0.137 e. The Kier molecular flexibility index (Phi) is 4.20. The van der Waals surface area contributed by atoms with Crippen LogP contribution in [-0.4, -0.2) is 52.4 Å². The van der Waals surface area contributed by atoms with Crippen LogP contribution in [0.1, 0.15) is 24.2 Å². The number of aromatic nitrogens is 2. The largest absolute Gasteiger partial charge is 0.302 e. The molecule has 0 aliphatic carbocycles. The van der Waals surface area contributed by atoms with E-state index >= 15 is 0 Å². The summed E-state index contributed by atoms with van der Waals surface area (Å²) in [4.78, 5) is 9.48. The highest BCUT2D eigenvalue weighted by Crippen LogP contribution is 2.19. The van der Waals surface area contributed by atoms with Gasteiger partial charge in [-0.15, -0.1) is 0 Å². The lowest BCUT2D eigenvalue weighted by molar-refractivity contribution is 0.213. The van der Waals surface area contributed by atoms with E-state index in [0.717, 1.165) is 29.5 Å². The van der Waals surface area contributed by atoms with Gasteiger partial charge in [0.15, 0.2) is 0 Å². The summed E-state index contributed by atoms with van der Waals surface area (Å²) in [5.74, 6) is 0. The van der Waals surface area contributed by atoms with Crippen LogP contribution in [0.25, 0.3) is 5.65 Å². The van der Waals surface area contributed by atoms with Crippen LogP contribution >= 0.6 is 11.6 Å². The molecule has 1 aliphatic rings. The molecule has 0 bridgehead atoms. The first kappa shape index (κ1) is 14.8. The van der Waals surface area contributed by atoms with E-state index in [1.807, 2.05) is 18.3 Å². The third kappa shape index (κ3) is 3.07. The Hall–Kier alpha value is -1.10. The van der Waals surface area contributed by atoms with Crippen molar-refractivity contribution in [1.29, 1.82) is 0 Å². The molecule has 1 fully saturated rings. The highest BCUT2D eigenvalue weighted by molar-refractivity contribution is 6.30. The van der Waals surface area contributed by atoms with Crippen molar-refractivity contribution in [2.75, 3.05) is 27.2 Å². The van der Waals surface area contributed by atoms with Gasteiger partial charge in [-0.3, -0.25) is 4.90 Å². The number of nitrogens with zero attached hydrogens (tertiary/aromatic N) is 4. The van der Waals surface area contributed by atoms with E-state index in [0.29, 0.717) is 6.04 Å². The van der Waals surface area contributed by atoms with Crippen LogP contribution in [-0.2, 0) is 6.54 Å². The normalized spacial score (nSPS) is 20.0. The second-order valence-corrected chi connectivity index (χ2v) is 6.63. The lowest BCUT2D eigenvalue weighted by Crippen LogP contribution is -2.36. The number of likely N-dealkylation sites (N-methyl/N-ethyl adjacent to an activating group) is 2. The number of rotatable bonds is 4. The summed E-state index contributed by atoms with van der Waals surface area (Å²) in [6.07, 6.45) is 4.58. The minimum Gasteiger partial charge on any atom is -0.302 e. The monoisotopic (exact) mass is 306 g/mol. The van der Waals surface area contributed by atoms with Gasteiger partial charge in [0.2, 0.25) is 0 Å². The van der Waals surface area contributed by atoms with Gasteiger partial charge in [0.25, 0.3) is 0 Å². The molecule has 1 aliphatic heterocycles. The third-order valence-corrected chi connectivity index (χ3v) is 4.72. The van der Waals surface area contributed by atoms with Crippen molar-refractivity contribution in [3.8, 4) is 0 Å². The molecule has 4 nitrogen and oxygen atoms in total. The quantitative estimate of drug-likeness (QED) is 0.868. The first-order valence-corrected chi connectivity index (χ1v) is 7.94. The topological polar surface area (TPSA) is 23.8 Å². The molecule has 0 spiro atoms. The summed E-state index contributed by atoms with van der Waals surface area (Å²) in [7, 11) is 4.42. The fourth-order valence-electron chi connectivity index (χ4n) is 3.27. The minimum absolute atomic E-state index is 0.679. The first-order chi connectivity index (χ1) is 10.0. The summed E-state index contributed by atoms with van der Waals surface area (Å²) < 4.78 is 2.12. The summed E-state index contributed by atoms with van der Waals surface area (Å²) >= 11 is 6.12. The van der Waals surface area contributed by atoms with Gasteiger partial charge < -0.3 is 9.30 Å². The molecule has 0 radical (unpaired) electrons. The van der Waals surface area contributed by atoms with Gasteiger partial charge in [-0.25, -0.2) is 4.98 Å². The fourth-order valence-corrected chi connectivity index (χ4v) is 3.43. The first-order valence-electron chi connectivity index (χ1n) is 7.56. The second kappa shape index (κ2) is 5.95. The molecule has 0 N–H and O–H groups in total. The molecule has 0 unspecified atom stereocenters. The van der Waals surface area contributed by atoms with E-state index < -0.39 is 0 Å². The van der Waals surface area contributed by atoms with Gasteiger partial charge in [-0.1, -0.05) is 11.6 Å². The highest BCUT2D eigenvalue weighted by atomic mass is 35.5.